The molecule has 0 aliphatic heterocycles. The fourth-order valence-electron chi connectivity index (χ4n) is 3.23. The third-order valence-corrected chi connectivity index (χ3v) is 4.83. The predicted octanol–water partition coefficient (Wildman–Crippen LogP) is 5.34. The molecule has 1 N–H and O–H groups in total. The second kappa shape index (κ2) is 8.19. The van der Waals surface area contributed by atoms with Crippen LogP contribution in [-0.2, 0) is 4.74 Å². The van der Waals surface area contributed by atoms with Crippen LogP contribution in [0.25, 0.3) is 0 Å². The summed E-state index contributed by atoms with van der Waals surface area (Å²) in [6.45, 7) is 3.83. The van der Waals surface area contributed by atoms with Crippen molar-refractivity contribution < 1.29 is 14.6 Å². The number of aliphatic hydroxyl groups is 1. The van der Waals surface area contributed by atoms with Gasteiger partial charge in [-0.3, -0.25) is 0 Å². The van der Waals surface area contributed by atoms with Crippen LogP contribution in [0.2, 0.25) is 0 Å². The van der Waals surface area contributed by atoms with E-state index in [9.17, 15) is 9.90 Å². The van der Waals surface area contributed by atoms with Crippen molar-refractivity contribution in [3.8, 4) is 0 Å². The Bertz CT molecular complexity index is 858. The van der Waals surface area contributed by atoms with Crippen molar-refractivity contribution in [1.82, 2.24) is 0 Å². The second-order valence-electron chi connectivity index (χ2n) is 7.20. The third kappa shape index (κ3) is 4.26. The van der Waals surface area contributed by atoms with Crippen LogP contribution in [0.4, 0.5) is 0 Å². The second-order valence-corrected chi connectivity index (χ2v) is 7.20. The fraction of sp³-hybridized carbons (Fsp3) is 0.208. The van der Waals surface area contributed by atoms with Crippen molar-refractivity contribution >= 4 is 5.97 Å². The van der Waals surface area contributed by atoms with E-state index < -0.39 is 23.6 Å². The van der Waals surface area contributed by atoms with Crippen molar-refractivity contribution in [3.63, 3.8) is 0 Å². The van der Waals surface area contributed by atoms with Crippen LogP contribution in [0.1, 0.15) is 47.5 Å². The zero-order chi connectivity index (χ0) is 19.3. The van der Waals surface area contributed by atoms with Gasteiger partial charge in [-0.2, -0.15) is 0 Å². The molecule has 138 valence electrons. The van der Waals surface area contributed by atoms with Gasteiger partial charge in [0.1, 0.15) is 6.10 Å². The largest absolute Gasteiger partial charge is 0.453 e. The molecule has 3 aromatic rings. The summed E-state index contributed by atoms with van der Waals surface area (Å²) in [5, 5.41) is 11.1. The molecule has 0 radical (unpaired) electrons. The zero-order valence-electron chi connectivity index (χ0n) is 15.6. The van der Waals surface area contributed by atoms with Crippen LogP contribution in [-0.4, -0.2) is 11.1 Å². The van der Waals surface area contributed by atoms with Crippen LogP contribution >= 0.6 is 0 Å². The quantitative estimate of drug-likeness (QED) is 0.603. The molecule has 2 atom stereocenters. The van der Waals surface area contributed by atoms with Gasteiger partial charge in [-0.15, -0.1) is 0 Å². The van der Waals surface area contributed by atoms with Gasteiger partial charge in [0.15, 0.2) is 0 Å². The topological polar surface area (TPSA) is 46.5 Å². The molecule has 3 aromatic carbocycles. The summed E-state index contributed by atoms with van der Waals surface area (Å²) in [5.41, 5.74) is 1.39. The average molecular weight is 360 g/mol. The van der Waals surface area contributed by atoms with E-state index in [-0.39, 0.29) is 0 Å². The number of hydrogen-bond acceptors (Lipinski definition) is 3. The van der Waals surface area contributed by atoms with Gasteiger partial charge in [-0.1, -0.05) is 92.7 Å². The monoisotopic (exact) mass is 360 g/mol. The SMILES string of the molecule is CC(C)([C@H](O)c1ccccc1)[C@@H](OC(=O)c1ccccc1)c1ccccc1. The number of aliphatic hydroxyl groups excluding tert-OH is 1. The van der Waals surface area contributed by atoms with Gasteiger partial charge in [0.25, 0.3) is 0 Å². The minimum atomic E-state index is -0.799. The highest BCUT2D eigenvalue weighted by molar-refractivity contribution is 5.89. The summed E-state index contributed by atoms with van der Waals surface area (Å²) in [7, 11) is 0. The first-order valence-electron chi connectivity index (χ1n) is 9.04. The normalized spacial score (nSPS) is 13.6. The van der Waals surface area contributed by atoms with Gasteiger partial charge in [-0.05, 0) is 23.3 Å². The Morgan fingerprint density at radius 1 is 0.778 bits per heavy atom. The van der Waals surface area contributed by atoms with Crippen molar-refractivity contribution in [2.75, 3.05) is 0 Å². The van der Waals surface area contributed by atoms with Crippen molar-refractivity contribution in [1.29, 1.82) is 0 Å². The van der Waals surface area contributed by atoms with Gasteiger partial charge in [-0.25, -0.2) is 4.79 Å². The van der Waals surface area contributed by atoms with E-state index in [4.69, 9.17) is 4.74 Å². The molecular formula is C24H24O3. The number of carbonyl (C=O) groups excluding carboxylic acids is 1. The Morgan fingerprint density at radius 2 is 1.22 bits per heavy atom. The molecule has 3 nitrogen and oxygen atoms in total. The molecule has 3 heteroatoms. The Hall–Kier alpha value is -2.91. The van der Waals surface area contributed by atoms with Gasteiger partial charge in [0, 0.05) is 5.41 Å². The molecule has 0 aliphatic rings. The number of carbonyl (C=O) groups is 1. The number of ether oxygens (including phenoxy) is 1. The lowest BCUT2D eigenvalue weighted by atomic mass is 9.75. The molecule has 0 aromatic heterocycles. The molecule has 0 bridgehead atoms. The molecule has 0 saturated carbocycles. The smallest absolute Gasteiger partial charge is 0.338 e. The summed E-state index contributed by atoms with van der Waals surface area (Å²) in [6, 6.07) is 27.9. The standard InChI is InChI=1S/C24H24O3/c1-24(2,21(25)18-12-6-3-7-13-18)22(19-14-8-4-9-15-19)27-23(26)20-16-10-5-11-17-20/h3-17,21-22,25H,1-2H3/t21-,22+/m1/s1. The lowest BCUT2D eigenvalue weighted by Gasteiger charge is -2.38. The first-order valence-corrected chi connectivity index (χ1v) is 9.04. The molecular weight excluding hydrogens is 336 g/mol. The van der Waals surface area contributed by atoms with Crippen molar-refractivity contribution in [3.05, 3.63) is 108 Å². The van der Waals surface area contributed by atoms with Gasteiger partial charge in [0.05, 0.1) is 11.7 Å². The number of rotatable bonds is 6. The maximum atomic E-state index is 12.7. The Morgan fingerprint density at radius 3 is 1.74 bits per heavy atom. The van der Waals surface area contributed by atoms with Crippen LogP contribution < -0.4 is 0 Å². The van der Waals surface area contributed by atoms with Crippen LogP contribution in [0.3, 0.4) is 0 Å². The summed E-state index contributed by atoms with van der Waals surface area (Å²) in [5.74, 6) is -0.405. The van der Waals surface area contributed by atoms with E-state index in [2.05, 4.69) is 0 Å². The van der Waals surface area contributed by atoms with E-state index in [1.54, 1.807) is 24.3 Å². The summed E-state index contributed by atoms with van der Waals surface area (Å²) in [6.07, 6.45) is -1.41. The van der Waals surface area contributed by atoms with E-state index in [0.717, 1.165) is 11.1 Å². The Balaban J connectivity index is 1.95. The molecule has 0 heterocycles. The lowest BCUT2D eigenvalue weighted by molar-refractivity contribution is -0.0661. The van der Waals surface area contributed by atoms with Gasteiger partial charge in [0.2, 0.25) is 0 Å². The number of hydrogen-bond donors (Lipinski definition) is 1. The first-order chi connectivity index (χ1) is 13.0. The van der Waals surface area contributed by atoms with Gasteiger partial charge < -0.3 is 9.84 Å². The van der Waals surface area contributed by atoms with Crippen molar-refractivity contribution in [2.24, 2.45) is 5.41 Å². The van der Waals surface area contributed by atoms with E-state index in [1.807, 2.05) is 80.6 Å². The highest BCUT2D eigenvalue weighted by Crippen LogP contribution is 2.46. The summed E-state index contributed by atoms with van der Waals surface area (Å²) >= 11 is 0. The summed E-state index contributed by atoms with van der Waals surface area (Å²) in [4.78, 5) is 12.7. The van der Waals surface area contributed by atoms with Crippen molar-refractivity contribution in [2.45, 2.75) is 26.1 Å². The minimum Gasteiger partial charge on any atom is -0.453 e. The lowest BCUT2D eigenvalue weighted by Crippen LogP contribution is -2.33. The first kappa shape index (κ1) is 18.9. The molecule has 0 spiro atoms. The maximum Gasteiger partial charge on any atom is 0.338 e. The van der Waals surface area contributed by atoms with E-state index in [0.29, 0.717) is 5.56 Å². The van der Waals surface area contributed by atoms with E-state index in [1.165, 1.54) is 0 Å². The third-order valence-electron chi connectivity index (χ3n) is 4.83. The average Bonchev–Trinajstić information content (AvgIpc) is 2.73. The van der Waals surface area contributed by atoms with Gasteiger partial charge >= 0.3 is 5.97 Å². The zero-order valence-corrected chi connectivity index (χ0v) is 15.6. The highest BCUT2D eigenvalue weighted by atomic mass is 16.5. The predicted molar refractivity (Wildman–Crippen MR) is 106 cm³/mol. The highest BCUT2D eigenvalue weighted by Gasteiger charge is 2.41. The summed E-state index contributed by atoms with van der Waals surface area (Å²) < 4.78 is 5.93. The molecule has 27 heavy (non-hydrogen) atoms. The fourth-order valence-corrected chi connectivity index (χ4v) is 3.23. The molecule has 0 unspecified atom stereocenters. The molecule has 0 aliphatic carbocycles. The Kier molecular flexibility index (Phi) is 5.72. The maximum absolute atomic E-state index is 12.7. The number of esters is 1. The van der Waals surface area contributed by atoms with Crippen LogP contribution in [0.15, 0.2) is 91.0 Å². The van der Waals surface area contributed by atoms with Crippen LogP contribution in [0.5, 0.6) is 0 Å². The van der Waals surface area contributed by atoms with Crippen LogP contribution in [0, 0.1) is 5.41 Å². The Labute approximate surface area is 160 Å². The van der Waals surface area contributed by atoms with E-state index >= 15 is 0 Å². The molecule has 0 saturated heterocycles. The number of benzene rings is 3. The molecule has 0 amide bonds. The molecule has 3 rings (SSSR count). The minimum absolute atomic E-state index is 0.405. The molecule has 0 fully saturated rings.